The number of hydrogen-bond acceptors (Lipinski definition) is 2. The van der Waals surface area contributed by atoms with Gasteiger partial charge < -0.3 is 10.6 Å². The smallest absolute Gasteiger partial charge is 0.234 e. The Morgan fingerprint density at radius 2 is 2.00 bits per heavy atom. The summed E-state index contributed by atoms with van der Waals surface area (Å²) in [5.41, 5.74) is 2.32. The van der Waals surface area contributed by atoms with Crippen LogP contribution in [0.25, 0.3) is 0 Å². The standard InChI is InChI=1S/C14H22N2O/c1-11-6-5-7-12(8-11)9-15-13(17)10-16-14(2,3)4/h5-8,16H,9-10H2,1-4H3,(H,15,17). The molecule has 0 saturated heterocycles. The van der Waals surface area contributed by atoms with Gasteiger partial charge in [-0.2, -0.15) is 0 Å². The molecule has 0 saturated carbocycles. The van der Waals surface area contributed by atoms with Crippen molar-refractivity contribution in [3.8, 4) is 0 Å². The van der Waals surface area contributed by atoms with Crippen molar-refractivity contribution in [2.24, 2.45) is 0 Å². The monoisotopic (exact) mass is 234 g/mol. The maximum absolute atomic E-state index is 11.6. The lowest BCUT2D eigenvalue weighted by atomic mass is 10.1. The number of amides is 1. The number of nitrogens with one attached hydrogen (secondary N) is 2. The number of carbonyl (C=O) groups is 1. The van der Waals surface area contributed by atoms with Gasteiger partial charge in [-0.1, -0.05) is 29.8 Å². The van der Waals surface area contributed by atoms with Gasteiger partial charge in [0.2, 0.25) is 5.91 Å². The third-order valence-corrected chi connectivity index (χ3v) is 2.35. The first kappa shape index (κ1) is 13.7. The van der Waals surface area contributed by atoms with Gasteiger partial charge in [0, 0.05) is 12.1 Å². The fourth-order valence-corrected chi connectivity index (χ4v) is 1.43. The fourth-order valence-electron chi connectivity index (χ4n) is 1.43. The molecule has 1 amide bonds. The summed E-state index contributed by atoms with van der Waals surface area (Å²) in [5, 5.41) is 6.05. The highest BCUT2D eigenvalue weighted by Gasteiger charge is 2.10. The zero-order valence-electron chi connectivity index (χ0n) is 11.1. The summed E-state index contributed by atoms with van der Waals surface area (Å²) in [7, 11) is 0. The molecule has 0 radical (unpaired) electrons. The van der Waals surface area contributed by atoms with Gasteiger partial charge in [-0.25, -0.2) is 0 Å². The summed E-state index contributed by atoms with van der Waals surface area (Å²) < 4.78 is 0. The number of rotatable bonds is 4. The van der Waals surface area contributed by atoms with Gasteiger partial charge in [-0.3, -0.25) is 4.79 Å². The zero-order valence-corrected chi connectivity index (χ0v) is 11.1. The van der Waals surface area contributed by atoms with Crippen LogP contribution in [0, 0.1) is 6.92 Å². The molecule has 1 aromatic rings. The van der Waals surface area contributed by atoms with E-state index in [2.05, 4.69) is 16.7 Å². The fraction of sp³-hybridized carbons (Fsp3) is 0.500. The van der Waals surface area contributed by atoms with E-state index in [-0.39, 0.29) is 11.4 Å². The molecule has 0 spiro atoms. The molecule has 0 heterocycles. The van der Waals surface area contributed by atoms with Gasteiger partial charge in [0.1, 0.15) is 0 Å². The number of carbonyl (C=O) groups excluding carboxylic acids is 1. The van der Waals surface area contributed by atoms with E-state index in [1.807, 2.05) is 45.9 Å². The minimum Gasteiger partial charge on any atom is -0.351 e. The first-order valence-electron chi connectivity index (χ1n) is 5.94. The van der Waals surface area contributed by atoms with Gasteiger partial charge >= 0.3 is 0 Å². The Kier molecular flexibility index (Phi) is 4.70. The Bertz CT molecular complexity index is 380. The maximum atomic E-state index is 11.6. The van der Waals surface area contributed by atoms with E-state index >= 15 is 0 Å². The normalized spacial score (nSPS) is 11.3. The van der Waals surface area contributed by atoms with Crippen molar-refractivity contribution < 1.29 is 4.79 Å². The number of hydrogen-bond donors (Lipinski definition) is 2. The second-order valence-electron chi connectivity index (χ2n) is 5.37. The van der Waals surface area contributed by atoms with Crippen LogP contribution < -0.4 is 10.6 Å². The molecule has 3 nitrogen and oxygen atoms in total. The van der Waals surface area contributed by atoms with Gasteiger partial charge in [-0.15, -0.1) is 0 Å². The van der Waals surface area contributed by atoms with Crippen molar-refractivity contribution in [3.05, 3.63) is 35.4 Å². The predicted molar refractivity (Wildman–Crippen MR) is 70.8 cm³/mol. The lowest BCUT2D eigenvalue weighted by Crippen LogP contribution is -2.43. The molecule has 0 aliphatic rings. The van der Waals surface area contributed by atoms with Gasteiger partial charge in [0.25, 0.3) is 0 Å². The van der Waals surface area contributed by atoms with Gasteiger partial charge in [0.15, 0.2) is 0 Å². The van der Waals surface area contributed by atoms with Gasteiger partial charge in [0.05, 0.1) is 6.54 Å². The molecule has 1 aromatic carbocycles. The topological polar surface area (TPSA) is 41.1 Å². The van der Waals surface area contributed by atoms with Crippen molar-refractivity contribution in [2.75, 3.05) is 6.54 Å². The van der Waals surface area contributed by atoms with Crippen molar-refractivity contribution in [1.82, 2.24) is 10.6 Å². The third-order valence-electron chi connectivity index (χ3n) is 2.35. The van der Waals surface area contributed by atoms with Crippen molar-refractivity contribution >= 4 is 5.91 Å². The SMILES string of the molecule is Cc1cccc(CNC(=O)CNC(C)(C)C)c1. The van der Waals surface area contributed by atoms with Gasteiger partial charge in [-0.05, 0) is 33.3 Å². The minimum absolute atomic E-state index is 0.0271. The molecule has 0 unspecified atom stereocenters. The molecule has 0 aromatic heterocycles. The van der Waals surface area contributed by atoms with E-state index < -0.39 is 0 Å². The van der Waals surface area contributed by atoms with Crippen LogP contribution in [-0.2, 0) is 11.3 Å². The summed E-state index contributed by atoms with van der Waals surface area (Å²) in [4.78, 5) is 11.6. The molecule has 2 N–H and O–H groups in total. The average molecular weight is 234 g/mol. The van der Waals surface area contributed by atoms with Crippen LogP contribution in [0.15, 0.2) is 24.3 Å². The Labute approximate surface area is 104 Å². The molecular weight excluding hydrogens is 212 g/mol. The Morgan fingerprint density at radius 1 is 1.29 bits per heavy atom. The highest BCUT2D eigenvalue weighted by atomic mass is 16.1. The molecule has 3 heteroatoms. The summed E-state index contributed by atoms with van der Waals surface area (Å²) in [5.74, 6) is 0.0291. The van der Waals surface area contributed by atoms with Crippen molar-refractivity contribution in [1.29, 1.82) is 0 Å². The molecule has 94 valence electrons. The molecule has 0 aliphatic heterocycles. The van der Waals surface area contributed by atoms with Crippen LogP contribution in [0.2, 0.25) is 0 Å². The lowest BCUT2D eigenvalue weighted by molar-refractivity contribution is -0.120. The van der Waals surface area contributed by atoms with E-state index in [1.54, 1.807) is 0 Å². The van der Waals surface area contributed by atoms with Crippen LogP contribution in [-0.4, -0.2) is 18.0 Å². The van der Waals surface area contributed by atoms with Crippen LogP contribution in [0.3, 0.4) is 0 Å². The van der Waals surface area contributed by atoms with E-state index in [0.717, 1.165) is 5.56 Å². The molecule has 0 aliphatic carbocycles. The summed E-state index contributed by atoms with van der Waals surface area (Å²) in [6.07, 6.45) is 0. The Balaban J connectivity index is 2.33. The average Bonchev–Trinajstić information content (AvgIpc) is 2.23. The van der Waals surface area contributed by atoms with Crippen LogP contribution >= 0.6 is 0 Å². The number of benzene rings is 1. The maximum Gasteiger partial charge on any atom is 0.234 e. The second-order valence-corrected chi connectivity index (χ2v) is 5.37. The van der Waals surface area contributed by atoms with Crippen molar-refractivity contribution in [2.45, 2.75) is 39.8 Å². The van der Waals surface area contributed by atoms with E-state index in [9.17, 15) is 4.79 Å². The van der Waals surface area contributed by atoms with Crippen LogP contribution in [0.1, 0.15) is 31.9 Å². The van der Waals surface area contributed by atoms with E-state index in [1.165, 1.54) is 5.56 Å². The third kappa shape index (κ3) is 6.07. The lowest BCUT2D eigenvalue weighted by Gasteiger charge is -2.20. The molecule has 0 bridgehead atoms. The second kappa shape index (κ2) is 5.82. The summed E-state index contributed by atoms with van der Waals surface area (Å²) in [6.45, 7) is 9.12. The Morgan fingerprint density at radius 3 is 2.59 bits per heavy atom. The molecule has 0 atom stereocenters. The number of aryl methyl sites for hydroxylation is 1. The summed E-state index contributed by atoms with van der Waals surface area (Å²) >= 11 is 0. The first-order chi connectivity index (χ1) is 7.87. The van der Waals surface area contributed by atoms with Crippen LogP contribution in [0.5, 0.6) is 0 Å². The molecular formula is C14H22N2O. The van der Waals surface area contributed by atoms with E-state index in [4.69, 9.17) is 0 Å². The quantitative estimate of drug-likeness (QED) is 0.836. The minimum atomic E-state index is -0.0271. The largest absolute Gasteiger partial charge is 0.351 e. The molecule has 0 fully saturated rings. The highest BCUT2D eigenvalue weighted by Crippen LogP contribution is 2.03. The van der Waals surface area contributed by atoms with E-state index in [0.29, 0.717) is 13.1 Å². The van der Waals surface area contributed by atoms with Crippen LogP contribution in [0.4, 0.5) is 0 Å². The zero-order chi connectivity index (χ0) is 12.9. The summed E-state index contributed by atoms with van der Waals surface area (Å²) in [6, 6.07) is 8.15. The molecule has 17 heavy (non-hydrogen) atoms. The Hall–Kier alpha value is -1.35. The molecule has 1 rings (SSSR count). The highest BCUT2D eigenvalue weighted by molar-refractivity contribution is 5.78. The predicted octanol–water partition coefficient (Wildman–Crippen LogP) is 2.00. The first-order valence-corrected chi connectivity index (χ1v) is 5.94. The van der Waals surface area contributed by atoms with Crippen molar-refractivity contribution in [3.63, 3.8) is 0 Å².